The van der Waals surface area contributed by atoms with Gasteiger partial charge in [0.05, 0.1) is 33.5 Å². The summed E-state index contributed by atoms with van der Waals surface area (Å²) in [5.74, 6) is -2.48. The minimum Gasteiger partial charge on any atom is -0.481 e. The van der Waals surface area contributed by atoms with Gasteiger partial charge in [-0.2, -0.15) is 4.68 Å². The second-order valence-corrected chi connectivity index (χ2v) is 8.81. The van der Waals surface area contributed by atoms with Crippen molar-refractivity contribution < 1.29 is 24.2 Å². The van der Waals surface area contributed by atoms with E-state index < -0.39 is 29.7 Å². The molecule has 2 N–H and O–H groups in total. The second-order valence-electron chi connectivity index (χ2n) is 8.40. The number of hydrogen-bond acceptors (Lipinski definition) is 5. The second kappa shape index (κ2) is 7.86. The van der Waals surface area contributed by atoms with Crippen LogP contribution in [0.2, 0.25) is 5.02 Å². The van der Waals surface area contributed by atoms with E-state index in [-0.39, 0.29) is 36.6 Å². The smallest absolute Gasteiger partial charge is 0.309 e. The number of nitrogens with zero attached hydrogens (tertiary/aromatic N) is 3. The molecule has 5 rings (SSSR count). The largest absolute Gasteiger partial charge is 0.481 e. The van der Waals surface area contributed by atoms with Gasteiger partial charge in [-0.25, -0.2) is 4.39 Å². The van der Waals surface area contributed by atoms with Gasteiger partial charge in [-0.15, -0.1) is 5.10 Å². The molecular weight excluding hydrogens is 437 g/mol. The van der Waals surface area contributed by atoms with Crippen LogP contribution in [0.15, 0.2) is 36.4 Å². The van der Waals surface area contributed by atoms with Gasteiger partial charge in [-0.05, 0) is 48.9 Å². The van der Waals surface area contributed by atoms with Crippen molar-refractivity contribution in [2.45, 2.75) is 31.3 Å². The van der Waals surface area contributed by atoms with Crippen molar-refractivity contribution in [1.29, 1.82) is 0 Å². The molecule has 166 valence electrons. The van der Waals surface area contributed by atoms with Crippen molar-refractivity contribution in [1.82, 2.24) is 9.78 Å². The van der Waals surface area contributed by atoms with Gasteiger partial charge in [-0.3, -0.25) is 9.59 Å². The average Bonchev–Trinajstić information content (AvgIpc) is 3.53. The molecule has 2 atom stereocenters. The predicted octanol–water partition coefficient (Wildman–Crippen LogP) is 3.67. The molecule has 9 heteroatoms. The number of piperidine rings is 1. The number of anilines is 1. The van der Waals surface area contributed by atoms with Crippen LogP contribution >= 0.6 is 11.6 Å². The van der Waals surface area contributed by atoms with E-state index in [1.54, 1.807) is 17.0 Å². The molecule has 0 amide bonds. The van der Waals surface area contributed by atoms with Crippen LogP contribution in [0.1, 0.15) is 41.1 Å². The number of carbonyl (C=O) groups is 2. The highest BCUT2D eigenvalue weighted by atomic mass is 35.5. The molecule has 1 saturated heterocycles. The number of aliphatic carboxylic acids is 1. The highest BCUT2D eigenvalue weighted by Gasteiger charge is 2.36. The number of carboxylic acids is 1. The molecule has 1 aromatic heterocycles. The molecular formula is C23H21ClFN3O4. The van der Waals surface area contributed by atoms with E-state index in [9.17, 15) is 24.2 Å². The van der Waals surface area contributed by atoms with Crippen molar-refractivity contribution in [3.8, 4) is 0 Å². The summed E-state index contributed by atoms with van der Waals surface area (Å²) in [6.07, 6.45) is 1.02. The van der Waals surface area contributed by atoms with Gasteiger partial charge < -0.3 is 15.1 Å². The summed E-state index contributed by atoms with van der Waals surface area (Å²) in [6, 6.07) is 9.76. The van der Waals surface area contributed by atoms with Crippen molar-refractivity contribution >= 4 is 40.2 Å². The third kappa shape index (κ3) is 3.43. The maximum absolute atomic E-state index is 14.9. The van der Waals surface area contributed by atoms with Crippen LogP contribution in [-0.2, 0) is 4.79 Å². The maximum Gasteiger partial charge on any atom is 0.309 e. The summed E-state index contributed by atoms with van der Waals surface area (Å²) in [4.78, 5) is 26.6. The minimum atomic E-state index is -1.13. The number of aliphatic hydroxyl groups excluding tert-OH is 1. The van der Waals surface area contributed by atoms with Crippen molar-refractivity contribution in [2.75, 3.05) is 18.0 Å². The fourth-order valence-electron chi connectivity index (χ4n) is 4.50. The van der Waals surface area contributed by atoms with Gasteiger partial charge in [0, 0.05) is 13.1 Å². The molecule has 0 spiro atoms. The molecule has 2 aliphatic rings. The van der Waals surface area contributed by atoms with E-state index in [2.05, 4.69) is 5.10 Å². The van der Waals surface area contributed by atoms with Crippen LogP contribution in [0.3, 0.4) is 0 Å². The fraction of sp³-hybridized carbons (Fsp3) is 0.348. The molecule has 1 aliphatic carbocycles. The summed E-state index contributed by atoms with van der Waals surface area (Å²) in [6.45, 7) is 0.243. The van der Waals surface area contributed by atoms with Crippen LogP contribution in [0.4, 0.5) is 10.2 Å². The standard InChI is InChI=1S/C23H21ClFN3O4/c24-15-4-1-3-13(12-7-8-12)19(15)22(30)28-17-6-2-5-16(25)20(17)21(26-28)27-10-9-14(23(31)32)18(29)11-27/h1-6,12,14,18,29H,7-11H2,(H,31,32). The molecule has 2 unspecified atom stereocenters. The van der Waals surface area contributed by atoms with E-state index in [0.29, 0.717) is 16.1 Å². The van der Waals surface area contributed by atoms with E-state index in [1.807, 2.05) is 12.1 Å². The summed E-state index contributed by atoms with van der Waals surface area (Å²) in [5.41, 5.74) is 1.52. The Morgan fingerprint density at radius 2 is 1.88 bits per heavy atom. The van der Waals surface area contributed by atoms with Crippen molar-refractivity contribution in [2.24, 2.45) is 5.92 Å². The minimum absolute atomic E-state index is 0.0228. The first kappa shape index (κ1) is 20.9. The Kier molecular flexibility index (Phi) is 5.14. The van der Waals surface area contributed by atoms with Gasteiger partial charge in [0.1, 0.15) is 5.82 Å². The summed E-state index contributed by atoms with van der Waals surface area (Å²) < 4.78 is 16.1. The lowest BCUT2D eigenvalue weighted by atomic mass is 9.94. The molecule has 1 saturated carbocycles. The molecule has 7 nitrogen and oxygen atoms in total. The quantitative estimate of drug-likeness (QED) is 0.620. The molecule has 2 fully saturated rings. The fourth-order valence-corrected chi connectivity index (χ4v) is 4.77. The van der Waals surface area contributed by atoms with E-state index in [0.717, 1.165) is 23.1 Å². The topological polar surface area (TPSA) is 95.7 Å². The summed E-state index contributed by atoms with van der Waals surface area (Å²) >= 11 is 6.41. The highest BCUT2D eigenvalue weighted by Crippen LogP contribution is 2.43. The Balaban J connectivity index is 1.60. The predicted molar refractivity (Wildman–Crippen MR) is 117 cm³/mol. The zero-order chi connectivity index (χ0) is 22.6. The van der Waals surface area contributed by atoms with Crippen LogP contribution < -0.4 is 4.90 Å². The number of halogens is 2. The number of fused-ring (bicyclic) bond motifs is 1. The lowest BCUT2D eigenvalue weighted by Crippen LogP contribution is -2.47. The van der Waals surface area contributed by atoms with E-state index >= 15 is 0 Å². The molecule has 2 heterocycles. The third-order valence-electron chi connectivity index (χ3n) is 6.31. The number of carbonyl (C=O) groups excluding carboxylic acids is 1. The number of rotatable bonds is 4. The first-order valence-corrected chi connectivity index (χ1v) is 10.9. The van der Waals surface area contributed by atoms with Crippen LogP contribution in [0, 0.1) is 11.7 Å². The summed E-state index contributed by atoms with van der Waals surface area (Å²) in [7, 11) is 0. The van der Waals surface area contributed by atoms with Gasteiger partial charge >= 0.3 is 5.97 Å². The molecule has 3 aromatic rings. The van der Waals surface area contributed by atoms with E-state index in [4.69, 9.17) is 11.6 Å². The molecule has 0 radical (unpaired) electrons. The van der Waals surface area contributed by atoms with Gasteiger partial charge in [-0.1, -0.05) is 29.8 Å². The number of aliphatic hydroxyl groups is 1. The Labute approximate surface area is 188 Å². The molecule has 2 aromatic carbocycles. The number of carboxylic acid groups (broad SMARTS) is 1. The summed E-state index contributed by atoms with van der Waals surface area (Å²) in [5, 5.41) is 24.5. The number of β-amino-alcohol motifs (C(OH)–C–C–N with tert-alkyl or cyclic N) is 1. The van der Waals surface area contributed by atoms with Crippen LogP contribution in [0.5, 0.6) is 0 Å². The van der Waals surface area contributed by atoms with Crippen LogP contribution in [-0.4, -0.2) is 51.1 Å². The number of aromatic nitrogens is 2. The Hall–Kier alpha value is -2.97. The molecule has 32 heavy (non-hydrogen) atoms. The molecule has 1 aliphatic heterocycles. The number of benzene rings is 2. The monoisotopic (exact) mass is 457 g/mol. The normalized spacial score (nSPS) is 21.2. The average molecular weight is 458 g/mol. The zero-order valence-electron chi connectivity index (χ0n) is 17.0. The Morgan fingerprint density at radius 1 is 1.12 bits per heavy atom. The first-order chi connectivity index (χ1) is 15.4. The Bertz CT molecular complexity index is 1240. The molecule has 0 bridgehead atoms. The first-order valence-electron chi connectivity index (χ1n) is 10.5. The lowest BCUT2D eigenvalue weighted by molar-refractivity contribution is -0.146. The van der Waals surface area contributed by atoms with Gasteiger partial charge in [0.15, 0.2) is 5.82 Å². The van der Waals surface area contributed by atoms with E-state index in [1.165, 1.54) is 12.1 Å². The third-order valence-corrected chi connectivity index (χ3v) is 6.62. The SMILES string of the molecule is O=C(O)C1CCN(c2nn(C(=O)c3c(Cl)cccc3C3CC3)c3cccc(F)c23)CC1O. The number of hydrogen-bond donors (Lipinski definition) is 2. The van der Waals surface area contributed by atoms with Crippen molar-refractivity contribution in [3.05, 3.63) is 58.4 Å². The zero-order valence-corrected chi connectivity index (χ0v) is 17.8. The highest BCUT2D eigenvalue weighted by molar-refractivity contribution is 6.34. The van der Waals surface area contributed by atoms with Gasteiger partial charge in [0.2, 0.25) is 0 Å². The van der Waals surface area contributed by atoms with Crippen LogP contribution in [0.25, 0.3) is 10.9 Å². The van der Waals surface area contributed by atoms with Gasteiger partial charge in [0.25, 0.3) is 5.91 Å². The van der Waals surface area contributed by atoms with Crippen molar-refractivity contribution in [3.63, 3.8) is 0 Å². The maximum atomic E-state index is 14.9. The Morgan fingerprint density at radius 3 is 2.56 bits per heavy atom. The lowest BCUT2D eigenvalue weighted by Gasteiger charge is -2.34.